The van der Waals surface area contributed by atoms with Crippen LogP contribution in [0.2, 0.25) is 0 Å². The van der Waals surface area contributed by atoms with Gasteiger partial charge in [-0.05, 0) is 37.1 Å². The second-order valence-corrected chi connectivity index (χ2v) is 6.34. The van der Waals surface area contributed by atoms with E-state index in [0.29, 0.717) is 19.0 Å². The number of benzene rings is 1. The first kappa shape index (κ1) is 15.6. The Bertz CT molecular complexity index is 729. The fourth-order valence-corrected chi connectivity index (χ4v) is 2.96. The lowest BCUT2D eigenvalue weighted by Crippen LogP contribution is -2.26. The highest BCUT2D eigenvalue weighted by molar-refractivity contribution is 7.89. The Hall–Kier alpha value is -1.80. The van der Waals surface area contributed by atoms with Gasteiger partial charge in [0.05, 0.1) is 6.20 Å². The van der Waals surface area contributed by atoms with Gasteiger partial charge in [0, 0.05) is 19.3 Å². The molecular formula is C13H15F2N3O2S. The van der Waals surface area contributed by atoms with E-state index in [1.54, 1.807) is 10.9 Å². The average molecular weight is 315 g/mol. The second kappa shape index (κ2) is 6.31. The van der Waals surface area contributed by atoms with E-state index < -0.39 is 26.6 Å². The van der Waals surface area contributed by atoms with Crippen molar-refractivity contribution in [2.75, 3.05) is 6.54 Å². The summed E-state index contributed by atoms with van der Waals surface area (Å²) < 4.78 is 54.2. The summed E-state index contributed by atoms with van der Waals surface area (Å²) in [7, 11) is -4.06. The summed E-state index contributed by atoms with van der Waals surface area (Å²) in [5.74, 6) is -1.78. The first-order valence-corrected chi connectivity index (χ1v) is 7.80. The van der Waals surface area contributed by atoms with E-state index in [9.17, 15) is 17.2 Å². The zero-order valence-electron chi connectivity index (χ0n) is 11.4. The molecule has 0 saturated heterocycles. The van der Waals surface area contributed by atoms with Crippen molar-refractivity contribution >= 4 is 10.0 Å². The van der Waals surface area contributed by atoms with Crippen LogP contribution in [0, 0.1) is 18.6 Å². The monoisotopic (exact) mass is 315 g/mol. The van der Waals surface area contributed by atoms with Crippen LogP contribution < -0.4 is 4.72 Å². The highest BCUT2D eigenvalue weighted by atomic mass is 32.2. The predicted molar refractivity (Wildman–Crippen MR) is 73.1 cm³/mol. The summed E-state index contributed by atoms with van der Waals surface area (Å²) in [6.45, 7) is 2.54. The molecule has 114 valence electrons. The lowest BCUT2D eigenvalue weighted by Gasteiger charge is -2.08. The van der Waals surface area contributed by atoms with Crippen LogP contribution in [0.1, 0.15) is 12.0 Å². The number of hydrogen-bond donors (Lipinski definition) is 1. The predicted octanol–water partition coefficient (Wildman–Crippen LogP) is 1.84. The Balaban J connectivity index is 1.94. The largest absolute Gasteiger partial charge is 0.272 e. The van der Waals surface area contributed by atoms with Crippen LogP contribution >= 0.6 is 0 Å². The minimum atomic E-state index is -4.06. The van der Waals surface area contributed by atoms with Gasteiger partial charge in [0.25, 0.3) is 0 Å². The van der Waals surface area contributed by atoms with Crippen molar-refractivity contribution in [3.8, 4) is 0 Å². The molecule has 0 aliphatic carbocycles. The first-order valence-electron chi connectivity index (χ1n) is 6.32. The van der Waals surface area contributed by atoms with E-state index in [2.05, 4.69) is 9.82 Å². The molecule has 0 unspecified atom stereocenters. The number of sulfonamides is 1. The second-order valence-electron chi connectivity index (χ2n) is 4.61. The van der Waals surface area contributed by atoms with Gasteiger partial charge in [0.1, 0.15) is 16.5 Å². The molecule has 0 fully saturated rings. The van der Waals surface area contributed by atoms with Crippen LogP contribution in [-0.4, -0.2) is 24.7 Å². The molecule has 2 rings (SSSR count). The van der Waals surface area contributed by atoms with Gasteiger partial charge in [-0.2, -0.15) is 5.10 Å². The van der Waals surface area contributed by atoms with Crippen LogP contribution in [0.4, 0.5) is 8.78 Å². The van der Waals surface area contributed by atoms with Crippen molar-refractivity contribution in [1.29, 1.82) is 0 Å². The molecule has 0 aliphatic heterocycles. The van der Waals surface area contributed by atoms with Crippen molar-refractivity contribution in [3.05, 3.63) is 47.8 Å². The summed E-state index contributed by atoms with van der Waals surface area (Å²) in [6, 6.07) is 2.32. The van der Waals surface area contributed by atoms with Crippen molar-refractivity contribution < 1.29 is 17.2 Å². The molecule has 1 aromatic heterocycles. The van der Waals surface area contributed by atoms with Gasteiger partial charge in [0.15, 0.2) is 0 Å². The summed E-state index contributed by atoms with van der Waals surface area (Å²) in [4.78, 5) is -0.683. The fraction of sp³-hybridized carbons (Fsp3) is 0.308. The zero-order chi connectivity index (χ0) is 15.5. The van der Waals surface area contributed by atoms with Gasteiger partial charge in [-0.25, -0.2) is 21.9 Å². The number of nitrogens with zero attached hydrogens (tertiary/aromatic N) is 2. The molecule has 1 N–H and O–H groups in total. The van der Waals surface area contributed by atoms with Crippen LogP contribution in [-0.2, 0) is 16.6 Å². The number of halogens is 2. The standard InChI is InChI=1S/C13H15F2N3O2S/c1-10-8-16-18(9-10)6-2-5-17-21(19,20)13-7-11(14)3-4-12(13)15/h3-4,7-9,17H,2,5-6H2,1H3. The third-order valence-corrected chi connectivity index (χ3v) is 4.28. The van der Waals surface area contributed by atoms with Gasteiger partial charge in [-0.3, -0.25) is 4.68 Å². The van der Waals surface area contributed by atoms with Gasteiger partial charge >= 0.3 is 0 Å². The van der Waals surface area contributed by atoms with Gasteiger partial charge < -0.3 is 0 Å². The van der Waals surface area contributed by atoms with Gasteiger partial charge in [0.2, 0.25) is 10.0 Å². The molecule has 8 heteroatoms. The van der Waals surface area contributed by atoms with Gasteiger partial charge in [-0.15, -0.1) is 0 Å². The van der Waals surface area contributed by atoms with Crippen molar-refractivity contribution in [3.63, 3.8) is 0 Å². The molecule has 0 bridgehead atoms. The Morgan fingerprint density at radius 3 is 2.76 bits per heavy atom. The van der Waals surface area contributed by atoms with E-state index in [4.69, 9.17) is 0 Å². The Kier molecular flexibility index (Phi) is 4.69. The molecule has 0 amide bonds. The summed E-state index contributed by atoms with van der Waals surface area (Å²) in [5.41, 5.74) is 1.01. The quantitative estimate of drug-likeness (QED) is 0.827. The average Bonchev–Trinajstić information content (AvgIpc) is 2.83. The van der Waals surface area contributed by atoms with Crippen LogP contribution in [0.15, 0.2) is 35.5 Å². The number of aromatic nitrogens is 2. The minimum absolute atomic E-state index is 0.108. The molecule has 21 heavy (non-hydrogen) atoms. The maximum atomic E-state index is 13.4. The van der Waals surface area contributed by atoms with E-state index in [0.717, 1.165) is 17.7 Å². The molecular weight excluding hydrogens is 300 g/mol. The van der Waals surface area contributed by atoms with E-state index in [-0.39, 0.29) is 6.54 Å². The summed E-state index contributed by atoms with van der Waals surface area (Å²) >= 11 is 0. The maximum Gasteiger partial charge on any atom is 0.243 e. The summed E-state index contributed by atoms with van der Waals surface area (Å²) in [5, 5.41) is 4.06. The lowest BCUT2D eigenvalue weighted by molar-refractivity contribution is 0.535. The number of aryl methyl sites for hydroxylation is 2. The molecule has 0 aliphatic rings. The first-order chi connectivity index (χ1) is 9.88. The molecule has 0 spiro atoms. The third kappa shape index (κ3) is 4.08. The molecule has 1 heterocycles. The fourth-order valence-electron chi connectivity index (χ4n) is 1.80. The summed E-state index contributed by atoms with van der Waals surface area (Å²) in [6.07, 6.45) is 4.02. The number of hydrogen-bond acceptors (Lipinski definition) is 3. The zero-order valence-corrected chi connectivity index (χ0v) is 12.2. The van der Waals surface area contributed by atoms with Crippen LogP contribution in [0.3, 0.4) is 0 Å². The van der Waals surface area contributed by atoms with Crippen molar-refractivity contribution in [2.24, 2.45) is 0 Å². The van der Waals surface area contributed by atoms with Crippen LogP contribution in [0.25, 0.3) is 0 Å². The highest BCUT2D eigenvalue weighted by Crippen LogP contribution is 2.15. The molecule has 0 radical (unpaired) electrons. The number of rotatable bonds is 6. The molecule has 5 nitrogen and oxygen atoms in total. The Morgan fingerprint density at radius 1 is 1.33 bits per heavy atom. The third-order valence-electron chi connectivity index (χ3n) is 2.80. The molecule has 1 aromatic carbocycles. The topological polar surface area (TPSA) is 64.0 Å². The minimum Gasteiger partial charge on any atom is -0.272 e. The molecule has 0 saturated carbocycles. The smallest absolute Gasteiger partial charge is 0.243 e. The lowest BCUT2D eigenvalue weighted by atomic mass is 10.3. The SMILES string of the molecule is Cc1cnn(CCCNS(=O)(=O)c2cc(F)ccc2F)c1. The van der Waals surface area contributed by atoms with Gasteiger partial charge in [-0.1, -0.05) is 0 Å². The Labute approximate surface area is 121 Å². The highest BCUT2D eigenvalue weighted by Gasteiger charge is 2.19. The van der Waals surface area contributed by atoms with Crippen LogP contribution in [0.5, 0.6) is 0 Å². The number of nitrogens with one attached hydrogen (secondary N) is 1. The van der Waals surface area contributed by atoms with E-state index in [1.165, 1.54) is 0 Å². The van der Waals surface area contributed by atoms with Crippen molar-refractivity contribution in [2.45, 2.75) is 24.8 Å². The molecule has 0 atom stereocenters. The normalized spacial score (nSPS) is 11.8. The molecule has 2 aromatic rings. The Morgan fingerprint density at radius 2 is 2.10 bits per heavy atom. The van der Waals surface area contributed by atoms with Crippen molar-refractivity contribution in [1.82, 2.24) is 14.5 Å². The van der Waals surface area contributed by atoms with E-state index in [1.807, 2.05) is 13.1 Å². The van der Waals surface area contributed by atoms with E-state index >= 15 is 0 Å². The maximum absolute atomic E-state index is 13.4.